The first kappa shape index (κ1) is 19.9. The van der Waals surface area contributed by atoms with E-state index in [-0.39, 0.29) is 0 Å². The first-order valence-electron chi connectivity index (χ1n) is 7.24. The van der Waals surface area contributed by atoms with Gasteiger partial charge in [0.2, 0.25) is 0 Å². The molecule has 2 aromatic rings. The minimum Gasteiger partial charge on any atom is -0.497 e. The Bertz CT molecular complexity index is 679. The van der Waals surface area contributed by atoms with Crippen molar-refractivity contribution in [2.75, 3.05) is 14.2 Å². The van der Waals surface area contributed by atoms with Crippen molar-refractivity contribution in [3.05, 3.63) is 53.9 Å². The molecule has 25 heavy (non-hydrogen) atoms. The van der Waals surface area contributed by atoms with Crippen molar-refractivity contribution in [2.24, 2.45) is 0 Å². The Balaban J connectivity index is 0.000000450. The maximum absolute atomic E-state index is 9.10. The zero-order valence-electron chi connectivity index (χ0n) is 13.9. The van der Waals surface area contributed by atoms with Gasteiger partial charge >= 0.3 is 11.9 Å². The van der Waals surface area contributed by atoms with E-state index in [1.54, 1.807) is 20.4 Å². The number of ether oxygens (including phenoxy) is 2. The monoisotopic (exact) mass is 348 g/mol. The molecule has 1 heterocycles. The third-order valence-corrected chi connectivity index (χ3v) is 3.04. The van der Waals surface area contributed by atoms with Gasteiger partial charge in [-0.3, -0.25) is 4.98 Å². The molecule has 0 bridgehead atoms. The number of carbonyl (C=O) groups is 2. The molecular weight excluding hydrogens is 328 g/mol. The number of pyridine rings is 1. The number of nitrogens with one attached hydrogen (secondary N) is 1. The van der Waals surface area contributed by atoms with Gasteiger partial charge in [0.05, 0.1) is 14.2 Å². The molecule has 0 spiro atoms. The van der Waals surface area contributed by atoms with Crippen LogP contribution in [0.25, 0.3) is 0 Å². The van der Waals surface area contributed by atoms with Crippen molar-refractivity contribution < 1.29 is 29.3 Å². The van der Waals surface area contributed by atoms with Crippen LogP contribution in [-0.2, 0) is 22.7 Å². The number of hydrogen-bond donors (Lipinski definition) is 3. The molecule has 134 valence electrons. The number of aromatic nitrogens is 1. The molecule has 3 N–H and O–H groups in total. The Kier molecular flexibility index (Phi) is 8.45. The van der Waals surface area contributed by atoms with Crippen LogP contribution in [0.1, 0.15) is 11.1 Å². The molecular formula is C17H20N2O6. The smallest absolute Gasteiger partial charge is 0.414 e. The van der Waals surface area contributed by atoms with E-state index in [0.29, 0.717) is 0 Å². The largest absolute Gasteiger partial charge is 0.497 e. The fourth-order valence-electron chi connectivity index (χ4n) is 1.86. The Labute approximate surface area is 145 Å². The van der Waals surface area contributed by atoms with Crippen LogP contribution in [0.2, 0.25) is 0 Å². The normalized spacial score (nSPS) is 9.52. The average Bonchev–Trinajstić information content (AvgIpc) is 2.63. The lowest BCUT2D eigenvalue weighted by atomic mass is 10.2. The predicted octanol–water partition coefficient (Wildman–Crippen LogP) is 1.54. The van der Waals surface area contributed by atoms with Crippen molar-refractivity contribution >= 4 is 11.9 Å². The number of carboxylic acids is 2. The highest BCUT2D eigenvalue weighted by atomic mass is 16.5. The van der Waals surface area contributed by atoms with Crippen LogP contribution in [-0.4, -0.2) is 41.4 Å². The van der Waals surface area contributed by atoms with E-state index in [1.165, 1.54) is 0 Å². The van der Waals surface area contributed by atoms with Gasteiger partial charge in [-0.25, -0.2) is 9.59 Å². The van der Waals surface area contributed by atoms with Crippen LogP contribution in [0.3, 0.4) is 0 Å². The van der Waals surface area contributed by atoms with Gasteiger partial charge in [-0.1, -0.05) is 6.07 Å². The number of nitrogens with zero attached hydrogens (tertiary/aromatic N) is 1. The molecule has 2 rings (SSSR count). The highest BCUT2D eigenvalue weighted by molar-refractivity contribution is 6.27. The SMILES string of the molecule is COc1ccc(OC)c(CNCc2cccnc2)c1.O=C(O)C(=O)O. The van der Waals surface area contributed by atoms with Crippen LogP contribution in [0.4, 0.5) is 0 Å². The summed E-state index contributed by atoms with van der Waals surface area (Å²) in [6, 6.07) is 9.77. The second-order valence-electron chi connectivity index (χ2n) is 4.75. The molecule has 0 unspecified atom stereocenters. The second kappa shape index (κ2) is 10.6. The Morgan fingerprint density at radius 2 is 1.80 bits per heavy atom. The molecule has 0 aliphatic carbocycles. The van der Waals surface area contributed by atoms with Crippen molar-refractivity contribution in [1.82, 2.24) is 10.3 Å². The fraction of sp³-hybridized carbons (Fsp3) is 0.235. The molecule has 1 aromatic heterocycles. The molecule has 0 amide bonds. The Morgan fingerprint density at radius 1 is 1.08 bits per heavy atom. The molecule has 8 heteroatoms. The molecule has 1 aromatic carbocycles. The second-order valence-corrected chi connectivity index (χ2v) is 4.75. The van der Waals surface area contributed by atoms with E-state index < -0.39 is 11.9 Å². The van der Waals surface area contributed by atoms with Gasteiger partial charge < -0.3 is 25.0 Å². The van der Waals surface area contributed by atoms with Crippen molar-refractivity contribution in [2.45, 2.75) is 13.1 Å². The quantitative estimate of drug-likeness (QED) is 0.673. The minimum atomic E-state index is -1.82. The van der Waals surface area contributed by atoms with E-state index >= 15 is 0 Å². The van der Waals surface area contributed by atoms with E-state index in [9.17, 15) is 0 Å². The number of aliphatic carboxylic acids is 2. The predicted molar refractivity (Wildman–Crippen MR) is 89.6 cm³/mol. The summed E-state index contributed by atoms with van der Waals surface area (Å²) >= 11 is 0. The molecule has 8 nitrogen and oxygen atoms in total. The van der Waals surface area contributed by atoms with Gasteiger partial charge in [-0.2, -0.15) is 0 Å². The van der Waals surface area contributed by atoms with Crippen LogP contribution in [0.15, 0.2) is 42.7 Å². The van der Waals surface area contributed by atoms with Gasteiger partial charge in [-0.05, 0) is 29.8 Å². The fourth-order valence-corrected chi connectivity index (χ4v) is 1.86. The van der Waals surface area contributed by atoms with E-state index in [0.717, 1.165) is 35.7 Å². The van der Waals surface area contributed by atoms with Crippen LogP contribution >= 0.6 is 0 Å². The van der Waals surface area contributed by atoms with Gasteiger partial charge in [-0.15, -0.1) is 0 Å². The third-order valence-electron chi connectivity index (χ3n) is 3.04. The molecule has 0 aliphatic rings. The zero-order valence-corrected chi connectivity index (χ0v) is 13.9. The zero-order chi connectivity index (χ0) is 18.7. The summed E-state index contributed by atoms with van der Waals surface area (Å²) in [7, 11) is 3.33. The lowest BCUT2D eigenvalue weighted by Gasteiger charge is -2.11. The Morgan fingerprint density at radius 3 is 2.32 bits per heavy atom. The molecule has 0 aliphatic heterocycles. The highest BCUT2D eigenvalue weighted by Gasteiger charge is 2.05. The number of carboxylic acid groups (broad SMARTS) is 2. The molecule has 0 radical (unpaired) electrons. The summed E-state index contributed by atoms with van der Waals surface area (Å²) in [5.41, 5.74) is 2.23. The summed E-state index contributed by atoms with van der Waals surface area (Å²) in [5, 5.41) is 18.2. The van der Waals surface area contributed by atoms with Crippen LogP contribution in [0, 0.1) is 0 Å². The maximum Gasteiger partial charge on any atom is 0.414 e. The first-order valence-corrected chi connectivity index (χ1v) is 7.24. The summed E-state index contributed by atoms with van der Waals surface area (Å²) in [6.07, 6.45) is 3.63. The maximum atomic E-state index is 9.10. The molecule has 0 atom stereocenters. The molecule has 0 saturated heterocycles. The van der Waals surface area contributed by atoms with E-state index in [2.05, 4.69) is 10.3 Å². The highest BCUT2D eigenvalue weighted by Crippen LogP contribution is 2.23. The van der Waals surface area contributed by atoms with Crippen molar-refractivity contribution in [3.8, 4) is 11.5 Å². The van der Waals surface area contributed by atoms with Crippen molar-refractivity contribution in [1.29, 1.82) is 0 Å². The van der Waals surface area contributed by atoms with Crippen molar-refractivity contribution in [3.63, 3.8) is 0 Å². The van der Waals surface area contributed by atoms with Gasteiger partial charge in [0.1, 0.15) is 11.5 Å². The lowest BCUT2D eigenvalue weighted by molar-refractivity contribution is -0.159. The summed E-state index contributed by atoms with van der Waals surface area (Å²) in [5.74, 6) is -1.96. The summed E-state index contributed by atoms with van der Waals surface area (Å²) < 4.78 is 10.6. The number of methoxy groups -OCH3 is 2. The molecule has 0 fully saturated rings. The Hall–Kier alpha value is -3.13. The van der Waals surface area contributed by atoms with Gasteiger partial charge in [0, 0.05) is 31.0 Å². The van der Waals surface area contributed by atoms with E-state index in [1.807, 2.05) is 36.5 Å². The third kappa shape index (κ3) is 7.32. The van der Waals surface area contributed by atoms with E-state index in [4.69, 9.17) is 29.3 Å². The standard InChI is InChI=1S/C15H18N2O2.C2H2O4/c1-18-14-5-6-15(19-2)13(8-14)11-17-10-12-4-3-7-16-9-12;3-1(4)2(5)6/h3-9,17H,10-11H2,1-2H3;(H,3,4)(H,5,6). The molecule has 0 saturated carbocycles. The van der Waals surface area contributed by atoms with Crippen LogP contribution in [0.5, 0.6) is 11.5 Å². The number of benzene rings is 1. The van der Waals surface area contributed by atoms with Gasteiger partial charge in [0.15, 0.2) is 0 Å². The topological polar surface area (TPSA) is 118 Å². The first-order chi connectivity index (χ1) is 12.0. The minimum absolute atomic E-state index is 0.718. The summed E-state index contributed by atoms with van der Waals surface area (Å²) in [4.78, 5) is 22.3. The summed E-state index contributed by atoms with van der Waals surface area (Å²) in [6.45, 7) is 1.49. The van der Waals surface area contributed by atoms with Gasteiger partial charge in [0.25, 0.3) is 0 Å². The van der Waals surface area contributed by atoms with Crippen LogP contribution < -0.4 is 14.8 Å². The number of rotatable bonds is 6. The number of hydrogen-bond acceptors (Lipinski definition) is 6. The average molecular weight is 348 g/mol. The lowest BCUT2D eigenvalue weighted by Crippen LogP contribution is -2.13.